The van der Waals surface area contributed by atoms with Gasteiger partial charge in [-0.05, 0) is 48.9 Å². The van der Waals surface area contributed by atoms with Gasteiger partial charge in [0.2, 0.25) is 0 Å². The Hall–Kier alpha value is -3.70. The molecule has 158 valence electrons. The second-order valence-electron chi connectivity index (χ2n) is 7.68. The highest BCUT2D eigenvalue weighted by molar-refractivity contribution is 7.98. The first-order valence-corrected chi connectivity index (χ1v) is 11.5. The Kier molecular flexibility index (Phi) is 5.33. The summed E-state index contributed by atoms with van der Waals surface area (Å²) in [5.74, 6) is 0.885. The molecule has 0 bridgehead atoms. The quantitative estimate of drug-likeness (QED) is 0.451. The lowest BCUT2D eigenvalue weighted by molar-refractivity contribution is 0.0950. The summed E-state index contributed by atoms with van der Waals surface area (Å²) in [5, 5.41) is 13.1. The summed E-state index contributed by atoms with van der Waals surface area (Å²) in [4.78, 5) is 26.4. The van der Waals surface area contributed by atoms with E-state index in [-0.39, 0.29) is 5.91 Å². The summed E-state index contributed by atoms with van der Waals surface area (Å²) in [6.07, 6.45) is 7.53. The SMILES string of the molecule is CSc1nc(C2CC2)cc(C(=O)NCc2ccc(-n3cnc4ccccc43)nc2)c1C#N. The van der Waals surface area contributed by atoms with E-state index < -0.39 is 0 Å². The lowest BCUT2D eigenvalue weighted by atomic mass is 10.1. The highest BCUT2D eigenvalue weighted by Crippen LogP contribution is 2.40. The van der Waals surface area contributed by atoms with Gasteiger partial charge in [-0.2, -0.15) is 5.26 Å². The summed E-state index contributed by atoms with van der Waals surface area (Å²) in [5.41, 5.74) is 4.39. The van der Waals surface area contributed by atoms with E-state index in [1.54, 1.807) is 18.6 Å². The van der Waals surface area contributed by atoms with Gasteiger partial charge in [0.25, 0.3) is 5.91 Å². The van der Waals surface area contributed by atoms with E-state index in [0.29, 0.717) is 28.6 Å². The van der Waals surface area contributed by atoms with Gasteiger partial charge in [-0.15, -0.1) is 11.8 Å². The lowest BCUT2D eigenvalue weighted by Crippen LogP contribution is -2.24. The van der Waals surface area contributed by atoms with Crippen LogP contribution in [-0.4, -0.2) is 31.7 Å². The molecule has 8 heteroatoms. The Balaban J connectivity index is 1.33. The van der Waals surface area contributed by atoms with Crippen LogP contribution in [0.5, 0.6) is 0 Å². The third kappa shape index (κ3) is 3.83. The third-order valence-corrected chi connectivity index (χ3v) is 6.20. The number of nitriles is 1. The standard InChI is InChI=1S/C24H20N6OS/c1-32-24-18(11-25)17(10-20(29-24)16-7-8-16)23(31)27-13-15-6-9-22(26-12-15)30-14-28-19-4-2-3-5-21(19)30/h2-6,9-10,12,14,16H,7-8,13H2,1H3,(H,27,31). The molecule has 0 saturated heterocycles. The van der Waals surface area contributed by atoms with Gasteiger partial charge in [-0.25, -0.2) is 15.0 Å². The highest BCUT2D eigenvalue weighted by atomic mass is 32.2. The number of fused-ring (bicyclic) bond motifs is 1. The van der Waals surface area contributed by atoms with Crippen LogP contribution < -0.4 is 5.32 Å². The van der Waals surface area contributed by atoms with Crippen molar-refractivity contribution in [2.45, 2.75) is 30.3 Å². The molecule has 0 spiro atoms. The minimum atomic E-state index is -0.272. The van der Waals surface area contributed by atoms with Crippen molar-refractivity contribution < 1.29 is 4.79 Å². The first-order valence-electron chi connectivity index (χ1n) is 10.3. The average molecular weight is 441 g/mol. The van der Waals surface area contributed by atoms with Crippen molar-refractivity contribution in [3.63, 3.8) is 0 Å². The second kappa shape index (κ2) is 8.44. The Labute approximate surface area is 189 Å². The summed E-state index contributed by atoms with van der Waals surface area (Å²) in [7, 11) is 0. The first-order chi connectivity index (χ1) is 15.7. The number of hydrogen-bond acceptors (Lipinski definition) is 6. The fourth-order valence-electron chi connectivity index (χ4n) is 3.65. The number of carbonyl (C=O) groups excluding carboxylic acids is 1. The summed E-state index contributed by atoms with van der Waals surface area (Å²) < 4.78 is 1.93. The van der Waals surface area contributed by atoms with Crippen LogP contribution in [0.25, 0.3) is 16.9 Å². The van der Waals surface area contributed by atoms with E-state index >= 15 is 0 Å². The van der Waals surface area contributed by atoms with Gasteiger partial charge in [0.15, 0.2) is 0 Å². The lowest BCUT2D eigenvalue weighted by Gasteiger charge is -2.11. The van der Waals surface area contributed by atoms with Crippen molar-refractivity contribution >= 4 is 28.7 Å². The zero-order valence-corrected chi connectivity index (χ0v) is 18.3. The number of nitrogens with zero attached hydrogens (tertiary/aromatic N) is 5. The number of thioether (sulfide) groups is 1. The van der Waals surface area contributed by atoms with E-state index in [2.05, 4.69) is 26.3 Å². The maximum atomic E-state index is 12.9. The predicted molar refractivity (Wildman–Crippen MR) is 123 cm³/mol. The summed E-state index contributed by atoms with van der Waals surface area (Å²) >= 11 is 1.40. The fourth-order valence-corrected chi connectivity index (χ4v) is 4.20. The zero-order valence-electron chi connectivity index (χ0n) is 17.4. The van der Waals surface area contributed by atoms with Crippen LogP contribution in [0, 0.1) is 11.3 Å². The summed E-state index contributed by atoms with van der Waals surface area (Å²) in [6, 6.07) is 15.6. The Morgan fingerprint density at radius 3 is 2.81 bits per heavy atom. The molecular weight excluding hydrogens is 420 g/mol. The zero-order chi connectivity index (χ0) is 22.1. The van der Waals surface area contributed by atoms with Crippen LogP contribution in [0.15, 0.2) is 60.0 Å². The maximum absolute atomic E-state index is 12.9. The van der Waals surface area contributed by atoms with Gasteiger partial charge in [0.1, 0.15) is 23.2 Å². The Bertz CT molecular complexity index is 1350. The van der Waals surface area contributed by atoms with E-state index in [4.69, 9.17) is 0 Å². The molecule has 1 fully saturated rings. The number of nitrogens with one attached hydrogen (secondary N) is 1. The molecule has 0 radical (unpaired) electrons. The number of imidazole rings is 1. The number of carbonyl (C=O) groups is 1. The van der Waals surface area contributed by atoms with Gasteiger partial charge in [0.05, 0.1) is 22.2 Å². The smallest absolute Gasteiger partial charge is 0.253 e. The molecular formula is C24H20N6OS. The number of hydrogen-bond donors (Lipinski definition) is 1. The Morgan fingerprint density at radius 1 is 1.25 bits per heavy atom. The monoisotopic (exact) mass is 440 g/mol. The molecule has 7 nitrogen and oxygen atoms in total. The molecule has 1 aromatic carbocycles. The van der Waals surface area contributed by atoms with Crippen molar-refractivity contribution in [1.82, 2.24) is 24.8 Å². The molecule has 3 heterocycles. The number of pyridine rings is 2. The van der Waals surface area contributed by atoms with Gasteiger partial charge >= 0.3 is 0 Å². The molecule has 1 N–H and O–H groups in total. The highest BCUT2D eigenvalue weighted by Gasteiger charge is 2.28. The van der Waals surface area contributed by atoms with Gasteiger partial charge in [-0.1, -0.05) is 18.2 Å². The topological polar surface area (TPSA) is 96.5 Å². The fraction of sp³-hybridized carbons (Fsp3) is 0.208. The number of amides is 1. The molecule has 3 aromatic heterocycles. The molecule has 5 rings (SSSR count). The van der Waals surface area contributed by atoms with Crippen LogP contribution in [-0.2, 0) is 6.54 Å². The molecule has 0 unspecified atom stereocenters. The minimum Gasteiger partial charge on any atom is -0.348 e. The number of benzene rings is 1. The minimum absolute atomic E-state index is 0.272. The molecule has 1 amide bonds. The molecule has 0 aliphatic heterocycles. The third-order valence-electron chi connectivity index (χ3n) is 5.51. The number of aromatic nitrogens is 4. The molecule has 1 saturated carbocycles. The molecule has 1 aliphatic rings. The average Bonchev–Trinajstić information content (AvgIpc) is 3.61. The molecule has 0 atom stereocenters. The molecule has 1 aliphatic carbocycles. The van der Waals surface area contributed by atoms with Crippen LogP contribution in [0.4, 0.5) is 0 Å². The molecule has 4 aromatic rings. The van der Waals surface area contributed by atoms with Crippen molar-refractivity contribution in [3.8, 4) is 11.9 Å². The predicted octanol–water partition coefficient (Wildman–Crippen LogP) is 4.22. The first kappa shape index (κ1) is 20.2. The van der Waals surface area contributed by atoms with E-state index in [9.17, 15) is 10.1 Å². The van der Waals surface area contributed by atoms with Crippen LogP contribution in [0.1, 0.15) is 45.9 Å². The molecule has 32 heavy (non-hydrogen) atoms. The largest absolute Gasteiger partial charge is 0.348 e. The van der Waals surface area contributed by atoms with E-state index in [1.165, 1.54) is 11.8 Å². The van der Waals surface area contributed by atoms with Crippen LogP contribution in [0.3, 0.4) is 0 Å². The van der Waals surface area contributed by atoms with Gasteiger partial charge < -0.3 is 5.32 Å². The van der Waals surface area contributed by atoms with Crippen molar-refractivity contribution in [2.24, 2.45) is 0 Å². The Morgan fingerprint density at radius 2 is 2.09 bits per heavy atom. The van der Waals surface area contributed by atoms with Crippen LogP contribution >= 0.6 is 11.8 Å². The summed E-state index contributed by atoms with van der Waals surface area (Å²) in [6.45, 7) is 0.317. The van der Waals surface area contributed by atoms with Crippen molar-refractivity contribution in [1.29, 1.82) is 5.26 Å². The number of para-hydroxylation sites is 2. The van der Waals surface area contributed by atoms with Crippen LogP contribution in [0.2, 0.25) is 0 Å². The second-order valence-corrected chi connectivity index (χ2v) is 8.47. The maximum Gasteiger partial charge on any atom is 0.253 e. The normalized spacial score (nSPS) is 13.1. The van der Waals surface area contributed by atoms with E-state index in [0.717, 1.165) is 41.0 Å². The van der Waals surface area contributed by atoms with Crippen molar-refractivity contribution in [2.75, 3.05) is 6.26 Å². The van der Waals surface area contributed by atoms with Gasteiger partial charge in [0, 0.05) is 24.4 Å². The number of rotatable bonds is 6. The van der Waals surface area contributed by atoms with Gasteiger partial charge in [-0.3, -0.25) is 9.36 Å². The van der Waals surface area contributed by atoms with Crippen molar-refractivity contribution in [3.05, 3.63) is 77.4 Å². The van der Waals surface area contributed by atoms with E-state index in [1.807, 2.05) is 47.2 Å².